The number of thiazole rings is 1. The van der Waals surface area contributed by atoms with E-state index in [4.69, 9.17) is 14.2 Å². The average molecular weight is 492 g/mol. The Morgan fingerprint density at radius 3 is 2.59 bits per heavy atom. The van der Waals surface area contributed by atoms with Gasteiger partial charge >= 0.3 is 12.2 Å². The lowest BCUT2D eigenvalue weighted by atomic mass is 9.86. The fourth-order valence-electron chi connectivity index (χ4n) is 4.02. The number of carbonyl (C=O) groups excluding carboxylic acids is 2. The Bertz CT molecular complexity index is 1020. The van der Waals surface area contributed by atoms with Crippen LogP contribution in [0.4, 0.5) is 19.7 Å². The zero-order chi connectivity index (χ0) is 24.2. The van der Waals surface area contributed by atoms with Crippen molar-refractivity contribution in [1.82, 2.24) is 10.3 Å². The van der Waals surface area contributed by atoms with Gasteiger partial charge in [0.1, 0.15) is 5.82 Å². The first kappa shape index (κ1) is 24.4. The first-order valence-electron chi connectivity index (χ1n) is 11.5. The molecule has 2 aliphatic rings. The van der Waals surface area contributed by atoms with Crippen molar-refractivity contribution in [2.45, 2.75) is 63.7 Å². The van der Waals surface area contributed by atoms with Crippen LogP contribution in [-0.4, -0.2) is 55.7 Å². The molecule has 1 aromatic carbocycles. The van der Waals surface area contributed by atoms with Gasteiger partial charge in [-0.3, -0.25) is 4.90 Å². The fourth-order valence-corrected chi connectivity index (χ4v) is 5.13. The Labute approximate surface area is 202 Å². The van der Waals surface area contributed by atoms with Gasteiger partial charge in [0.15, 0.2) is 6.10 Å². The van der Waals surface area contributed by atoms with E-state index < -0.39 is 11.9 Å². The average Bonchev–Trinajstić information content (AvgIpc) is 3.25. The largest absolute Gasteiger partial charge is 0.446 e. The number of ether oxygens (including phenoxy) is 3. The second-order valence-corrected chi connectivity index (χ2v) is 10.0. The van der Waals surface area contributed by atoms with E-state index in [1.54, 1.807) is 39.2 Å². The molecule has 1 aliphatic carbocycles. The molecule has 2 fully saturated rings. The summed E-state index contributed by atoms with van der Waals surface area (Å²) in [5.74, 6) is -0.132. The molecule has 0 spiro atoms. The third kappa shape index (κ3) is 5.85. The number of hydrogen-bond acceptors (Lipinski definition) is 7. The molecule has 0 unspecified atom stereocenters. The molecule has 1 saturated carbocycles. The van der Waals surface area contributed by atoms with Crippen molar-refractivity contribution in [3.05, 3.63) is 35.2 Å². The van der Waals surface area contributed by atoms with Crippen LogP contribution in [0.5, 0.6) is 0 Å². The third-order valence-electron chi connectivity index (χ3n) is 6.02. The summed E-state index contributed by atoms with van der Waals surface area (Å²) in [6.45, 7) is 4.47. The lowest BCUT2D eigenvalue weighted by Gasteiger charge is -2.30. The maximum Gasteiger partial charge on any atom is 0.414 e. The third-order valence-corrected chi connectivity index (χ3v) is 7.21. The van der Waals surface area contributed by atoms with Gasteiger partial charge in [-0.05, 0) is 57.7 Å². The van der Waals surface area contributed by atoms with E-state index in [2.05, 4.69) is 10.3 Å². The van der Waals surface area contributed by atoms with Crippen LogP contribution in [0.1, 0.15) is 50.5 Å². The molecule has 0 radical (unpaired) electrons. The van der Waals surface area contributed by atoms with Gasteiger partial charge in [-0.15, -0.1) is 11.3 Å². The first-order chi connectivity index (χ1) is 16.3. The summed E-state index contributed by atoms with van der Waals surface area (Å²) in [7, 11) is 1.55. The van der Waals surface area contributed by atoms with Crippen LogP contribution in [0.25, 0.3) is 10.4 Å². The number of nitrogens with zero attached hydrogens (tertiary/aromatic N) is 2. The van der Waals surface area contributed by atoms with Crippen molar-refractivity contribution in [1.29, 1.82) is 0 Å². The highest BCUT2D eigenvalue weighted by Gasteiger charge is 2.28. The molecule has 2 aromatic rings. The van der Waals surface area contributed by atoms with Crippen LogP contribution in [0.2, 0.25) is 0 Å². The van der Waals surface area contributed by atoms with Crippen molar-refractivity contribution in [3.63, 3.8) is 0 Å². The molecule has 1 N–H and O–H groups in total. The van der Waals surface area contributed by atoms with Gasteiger partial charge in [0, 0.05) is 36.5 Å². The molecule has 34 heavy (non-hydrogen) atoms. The number of amides is 2. The van der Waals surface area contributed by atoms with E-state index in [-0.39, 0.29) is 30.3 Å². The molecule has 2 amide bonds. The Kier molecular flexibility index (Phi) is 7.67. The molecule has 4 rings (SSSR count). The van der Waals surface area contributed by atoms with E-state index in [9.17, 15) is 14.0 Å². The normalized spacial score (nSPS) is 20.5. The number of aromatic nitrogens is 1. The van der Waals surface area contributed by atoms with Crippen LogP contribution < -0.4 is 10.2 Å². The summed E-state index contributed by atoms with van der Waals surface area (Å²) >= 11 is 1.49. The predicted octanol–water partition coefficient (Wildman–Crippen LogP) is 5.08. The van der Waals surface area contributed by atoms with Gasteiger partial charge in [-0.2, -0.15) is 0 Å². The molecule has 1 aromatic heterocycles. The molecule has 1 aliphatic heterocycles. The second-order valence-electron chi connectivity index (χ2n) is 8.98. The molecule has 8 nitrogen and oxygen atoms in total. The Balaban J connectivity index is 1.33. The Morgan fingerprint density at radius 1 is 1.24 bits per heavy atom. The van der Waals surface area contributed by atoms with E-state index >= 15 is 0 Å². The number of alkyl carbamates (subject to hydrolysis) is 1. The highest BCUT2D eigenvalue weighted by molar-refractivity contribution is 7.15. The summed E-state index contributed by atoms with van der Waals surface area (Å²) in [6, 6.07) is 4.79. The number of hydrogen-bond donors (Lipinski definition) is 1. The van der Waals surface area contributed by atoms with Gasteiger partial charge in [-0.1, -0.05) is 0 Å². The summed E-state index contributed by atoms with van der Waals surface area (Å²) < 4.78 is 30.4. The van der Waals surface area contributed by atoms with E-state index in [1.807, 2.05) is 0 Å². The maximum atomic E-state index is 14.9. The molecule has 0 bridgehead atoms. The number of carbonyl (C=O) groups is 2. The van der Waals surface area contributed by atoms with Crippen LogP contribution in [0.15, 0.2) is 24.4 Å². The van der Waals surface area contributed by atoms with Crippen molar-refractivity contribution < 1.29 is 28.2 Å². The smallest absolute Gasteiger partial charge is 0.414 e. The zero-order valence-electron chi connectivity index (χ0n) is 19.6. The highest BCUT2D eigenvalue weighted by atomic mass is 32.1. The van der Waals surface area contributed by atoms with Gasteiger partial charge in [-0.25, -0.2) is 19.0 Å². The molecule has 0 atom stereocenters. The van der Waals surface area contributed by atoms with Crippen LogP contribution >= 0.6 is 11.3 Å². The maximum absolute atomic E-state index is 14.9. The number of rotatable bonds is 6. The SMILES string of the molecule is CC(C)OC(=O)N(C)c1ccc(-c2cnc(C3CCC(NC(=O)OC4COC4)CC3)s2)c(F)c1. The summed E-state index contributed by atoms with van der Waals surface area (Å²) in [5.41, 5.74) is 0.877. The van der Waals surface area contributed by atoms with Gasteiger partial charge in [0.2, 0.25) is 0 Å². The number of anilines is 1. The minimum absolute atomic E-state index is 0.0912. The van der Waals surface area contributed by atoms with Crippen molar-refractivity contribution >= 4 is 29.2 Å². The first-order valence-corrected chi connectivity index (χ1v) is 12.4. The monoisotopic (exact) mass is 491 g/mol. The zero-order valence-corrected chi connectivity index (χ0v) is 20.4. The van der Waals surface area contributed by atoms with Crippen LogP contribution in [0.3, 0.4) is 0 Å². The lowest BCUT2D eigenvalue weighted by Crippen LogP contribution is -2.44. The summed E-state index contributed by atoms with van der Waals surface area (Å²) in [4.78, 5) is 30.6. The molecule has 184 valence electrons. The lowest BCUT2D eigenvalue weighted by molar-refractivity contribution is -0.0985. The molecular formula is C24H30FN3O5S. The van der Waals surface area contributed by atoms with Gasteiger partial charge in [0.05, 0.1) is 29.2 Å². The molecular weight excluding hydrogens is 461 g/mol. The second kappa shape index (κ2) is 10.7. The Hall–Kier alpha value is -2.72. The molecule has 2 heterocycles. The van der Waals surface area contributed by atoms with Crippen LogP contribution in [0, 0.1) is 5.82 Å². The minimum Gasteiger partial charge on any atom is -0.446 e. The quantitative estimate of drug-likeness (QED) is 0.606. The molecule has 10 heteroatoms. The van der Waals surface area contributed by atoms with E-state index in [0.717, 1.165) is 35.6 Å². The number of nitrogens with one attached hydrogen (secondary N) is 1. The topological polar surface area (TPSA) is 90.0 Å². The summed E-state index contributed by atoms with van der Waals surface area (Å²) in [6.07, 6.45) is 3.90. The van der Waals surface area contributed by atoms with Crippen LogP contribution in [-0.2, 0) is 14.2 Å². The number of benzene rings is 1. The Morgan fingerprint density at radius 2 is 1.97 bits per heavy atom. The fraction of sp³-hybridized carbons (Fsp3) is 0.542. The number of halogens is 1. The van der Waals surface area contributed by atoms with Crippen molar-refractivity contribution in [2.24, 2.45) is 0 Å². The van der Waals surface area contributed by atoms with Gasteiger partial charge < -0.3 is 19.5 Å². The van der Waals surface area contributed by atoms with E-state index in [1.165, 1.54) is 22.3 Å². The van der Waals surface area contributed by atoms with Crippen molar-refractivity contribution in [2.75, 3.05) is 25.2 Å². The van der Waals surface area contributed by atoms with Crippen molar-refractivity contribution in [3.8, 4) is 10.4 Å². The minimum atomic E-state index is -0.530. The highest BCUT2D eigenvalue weighted by Crippen LogP contribution is 2.38. The molecule has 1 saturated heterocycles. The standard InChI is InChI=1S/C24H30FN3O5S/c1-14(2)32-24(30)28(3)17-8-9-19(20(25)10-17)21-11-26-22(34-21)15-4-6-16(7-5-15)27-23(29)33-18-12-31-13-18/h8-11,14-16,18H,4-7,12-13H2,1-3H3,(H,27,29). The predicted molar refractivity (Wildman–Crippen MR) is 127 cm³/mol. The van der Waals surface area contributed by atoms with E-state index in [0.29, 0.717) is 24.5 Å². The summed E-state index contributed by atoms with van der Waals surface area (Å²) in [5, 5.41) is 3.92. The van der Waals surface area contributed by atoms with Gasteiger partial charge in [0.25, 0.3) is 0 Å².